The summed E-state index contributed by atoms with van der Waals surface area (Å²) in [4.78, 5) is 21.1. The molecule has 0 aliphatic carbocycles. The number of para-hydroxylation sites is 3. The summed E-state index contributed by atoms with van der Waals surface area (Å²) < 4.78 is 5.96. The molecule has 1 heterocycles. The van der Waals surface area contributed by atoms with E-state index < -0.39 is 0 Å². The van der Waals surface area contributed by atoms with Gasteiger partial charge in [0.05, 0.1) is 5.69 Å². The number of nitrogens with one attached hydrogen (secondary N) is 2. The van der Waals surface area contributed by atoms with Crippen LogP contribution in [0.3, 0.4) is 0 Å². The lowest BCUT2D eigenvalue weighted by atomic mass is 10.2. The highest BCUT2D eigenvalue weighted by molar-refractivity contribution is 5.92. The second-order valence-corrected chi connectivity index (χ2v) is 6.36. The maximum Gasteiger partial charge on any atom is 0.270 e. The largest absolute Gasteiger partial charge is 0.455 e. The highest BCUT2D eigenvalue weighted by Crippen LogP contribution is 2.30. The number of carbonyl (C=O) groups excluding carboxylic acids is 1. The van der Waals surface area contributed by atoms with Crippen LogP contribution in [0.2, 0.25) is 0 Å². The Balaban J connectivity index is 1.79. The zero-order valence-electron chi connectivity index (χ0n) is 16.1. The predicted octanol–water partition coefficient (Wildman–Crippen LogP) is 4.85. The van der Waals surface area contributed by atoms with Gasteiger partial charge in [-0.3, -0.25) is 4.79 Å². The first-order chi connectivity index (χ1) is 13.7. The molecule has 0 spiro atoms. The molecule has 1 amide bonds. The molecule has 0 saturated carbocycles. The number of nitrogens with zero attached hydrogens (tertiary/aromatic N) is 2. The highest BCUT2D eigenvalue weighted by atomic mass is 16.5. The topological polar surface area (TPSA) is 76.1 Å². The van der Waals surface area contributed by atoms with E-state index in [0.29, 0.717) is 35.3 Å². The van der Waals surface area contributed by atoms with Gasteiger partial charge in [-0.25, -0.2) is 9.97 Å². The van der Waals surface area contributed by atoms with Crippen molar-refractivity contribution in [2.75, 3.05) is 11.9 Å². The van der Waals surface area contributed by atoms with Crippen LogP contribution in [0.4, 0.5) is 11.6 Å². The summed E-state index contributed by atoms with van der Waals surface area (Å²) in [6.07, 6.45) is 1.96. The predicted molar refractivity (Wildman–Crippen MR) is 110 cm³/mol. The van der Waals surface area contributed by atoms with E-state index in [1.54, 1.807) is 6.07 Å². The summed E-state index contributed by atoms with van der Waals surface area (Å²) in [6.45, 7) is 4.55. The van der Waals surface area contributed by atoms with Crippen LogP contribution in [-0.4, -0.2) is 22.4 Å². The monoisotopic (exact) mass is 376 g/mol. The van der Waals surface area contributed by atoms with Gasteiger partial charge in [-0.05, 0) is 43.7 Å². The van der Waals surface area contributed by atoms with Crippen LogP contribution in [0.1, 0.15) is 35.9 Å². The van der Waals surface area contributed by atoms with Crippen molar-refractivity contribution in [3.8, 4) is 11.5 Å². The Bertz CT molecular complexity index is 929. The Morgan fingerprint density at radius 1 is 1.04 bits per heavy atom. The molecule has 2 aromatic carbocycles. The van der Waals surface area contributed by atoms with E-state index >= 15 is 0 Å². The molecule has 0 aliphatic rings. The molecule has 0 fully saturated rings. The number of rotatable bonds is 8. The lowest BCUT2D eigenvalue weighted by Crippen LogP contribution is -2.25. The zero-order chi connectivity index (χ0) is 19.8. The molecule has 3 aromatic rings. The first-order valence-electron chi connectivity index (χ1n) is 9.38. The van der Waals surface area contributed by atoms with Gasteiger partial charge < -0.3 is 15.4 Å². The molecule has 0 aliphatic heterocycles. The van der Waals surface area contributed by atoms with E-state index in [0.717, 1.165) is 18.6 Å². The van der Waals surface area contributed by atoms with Crippen molar-refractivity contribution in [2.45, 2.75) is 26.7 Å². The number of amides is 1. The van der Waals surface area contributed by atoms with Crippen molar-refractivity contribution >= 4 is 17.5 Å². The Kier molecular flexibility index (Phi) is 6.57. The van der Waals surface area contributed by atoms with Crippen LogP contribution in [-0.2, 0) is 0 Å². The Hall–Kier alpha value is -3.41. The quantitative estimate of drug-likeness (QED) is 0.550. The van der Waals surface area contributed by atoms with Crippen molar-refractivity contribution in [3.63, 3.8) is 0 Å². The van der Waals surface area contributed by atoms with E-state index in [2.05, 4.69) is 27.5 Å². The smallest absolute Gasteiger partial charge is 0.270 e. The molecule has 3 rings (SSSR count). The molecule has 2 N–H and O–H groups in total. The number of aryl methyl sites for hydroxylation is 1. The average molecular weight is 376 g/mol. The minimum absolute atomic E-state index is 0.198. The summed E-state index contributed by atoms with van der Waals surface area (Å²) in [5.41, 5.74) is 1.77. The average Bonchev–Trinajstić information content (AvgIpc) is 2.70. The molecule has 0 radical (unpaired) electrons. The summed E-state index contributed by atoms with van der Waals surface area (Å²) in [5, 5.41) is 6.05. The van der Waals surface area contributed by atoms with Crippen molar-refractivity contribution in [1.29, 1.82) is 0 Å². The van der Waals surface area contributed by atoms with Crippen LogP contribution in [0, 0.1) is 6.92 Å². The molecule has 144 valence electrons. The van der Waals surface area contributed by atoms with E-state index in [1.807, 2.05) is 61.5 Å². The molecular formula is C22H24N4O2. The fraction of sp³-hybridized carbons (Fsp3) is 0.227. The van der Waals surface area contributed by atoms with Crippen molar-refractivity contribution < 1.29 is 9.53 Å². The first-order valence-corrected chi connectivity index (χ1v) is 9.38. The molecule has 1 aromatic heterocycles. The number of anilines is 2. The van der Waals surface area contributed by atoms with E-state index in [1.165, 1.54) is 0 Å². The minimum Gasteiger partial charge on any atom is -0.455 e. The Morgan fingerprint density at radius 3 is 2.57 bits per heavy atom. The van der Waals surface area contributed by atoms with Crippen LogP contribution < -0.4 is 15.4 Å². The number of unbranched alkanes of at least 4 members (excludes halogenated alkanes) is 1. The Labute approximate surface area is 165 Å². The van der Waals surface area contributed by atoms with Gasteiger partial charge in [-0.1, -0.05) is 43.7 Å². The SMILES string of the molecule is CCCCNC(=O)c1cc(C)nc(Nc2ccccc2Oc2ccccc2)n1. The lowest BCUT2D eigenvalue weighted by molar-refractivity contribution is 0.0948. The number of hydrogen-bond acceptors (Lipinski definition) is 5. The van der Waals surface area contributed by atoms with Gasteiger partial charge in [-0.2, -0.15) is 0 Å². The normalized spacial score (nSPS) is 10.4. The number of hydrogen-bond donors (Lipinski definition) is 2. The fourth-order valence-corrected chi connectivity index (χ4v) is 2.60. The third-order valence-electron chi connectivity index (χ3n) is 4.01. The zero-order valence-corrected chi connectivity index (χ0v) is 16.1. The van der Waals surface area contributed by atoms with Crippen molar-refractivity contribution in [2.24, 2.45) is 0 Å². The molecule has 0 saturated heterocycles. The first kappa shape index (κ1) is 19.4. The number of carbonyl (C=O) groups is 1. The van der Waals surface area contributed by atoms with Crippen LogP contribution >= 0.6 is 0 Å². The van der Waals surface area contributed by atoms with E-state index in [9.17, 15) is 4.79 Å². The van der Waals surface area contributed by atoms with Crippen LogP contribution in [0.5, 0.6) is 11.5 Å². The maximum absolute atomic E-state index is 12.3. The van der Waals surface area contributed by atoms with Gasteiger partial charge >= 0.3 is 0 Å². The Morgan fingerprint density at radius 2 is 1.79 bits per heavy atom. The standard InChI is InChI=1S/C22H24N4O2/c1-3-4-14-23-21(27)19-15-16(2)24-22(26-19)25-18-12-8-9-13-20(18)28-17-10-6-5-7-11-17/h5-13,15H,3-4,14H2,1-2H3,(H,23,27)(H,24,25,26). The molecule has 6 heteroatoms. The number of ether oxygens (including phenoxy) is 1. The van der Waals surface area contributed by atoms with Gasteiger partial charge in [0, 0.05) is 12.2 Å². The molecule has 0 unspecified atom stereocenters. The summed E-state index contributed by atoms with van der Waals surface area (Å²) >= 11 is 0. The molecular weight excluding hydrogens is 352 g/mol. The van der Waals surface area contributed by atoms with E-state index in [4.69, 9.17) is 4.74 Å². The summed E-state index contributed by atoms with van der Waals surface area (Å²) in [7, 11) is 0. The van der Waals surface area contributed by atoms with Gasteiger partial charge in [-0.15, -0.1) is 0 Å². The highest BCUT2D eigenvalue weighted by Gasteiger charge is 2.12. The second-order valence-electron chi connectivity index (χ2n) is 6.36. The third kappa shape index (κ3) is 5.30. The minimum atomic E-state index is -0.198. The van der Waals surface area contributed by atoms with Gasteiger partial charge in [0.15, 0.2) is 5.75 Å². The van der Waals surface area contributed by atoms with Gasteiger partial charge in [0.25, 0.3) is 5.91 Å². The van der Waals surface area contributed by atoms with Gasteiger partial charge in [0.2, 0.25) is 5.95 Å². The lowest BCUT2D eigenvalue weighted by Gasteiger charge is -2.13. The molecule has 0 atom stereocenters. The molecule has 28 heavy (non-hydrogen) atoms. The number of benzene rings is 2. The summed E-state index contributed by atoms with van der Waals surface area (Å²) in [5.74, 6) is 1.53. The van der Waals surface area contributed by atoms with Crippen LogP contribution in [0.15, 0.2) is 60.7 Å². The molecule has 6 nitrogen and oxygen atoms in total. The van der Waals surface area contributed by atoms with Crippen LogP contribution in [0.25, 0.3) is 0 Å². The second kappa shape index (κ2) is 9.50. The molecule has 0 bridgehead atoms. The third-order valence-corrected chi connectivity index (χ3v) is 4.01. The van der Waals surface area contributed by atoms with Crippen molar-refractivity contribution in [3.05, 3.63) is 72.1 Å². The van der Waals surface area contributed by atoms with Crippen molar-refractivity contribution in [1.82, 2.24) is 15.3 Å². The summed E-state index contributed by atoms with van der Waals surface area (Å²) in [6, 6.07) is 18.8. The van der Waals surface area contributed by atoms with Gasteiger partial charge in [0.1, 0.15) is 11.4 Å². The van der Waals surface area contributed by atoms with E-state index in [-0.39, 0.29) is 5.91 Å². The number of aromatic nitrogens is 2. The fourth-order valence-electron chi connectivity index (χ4n) is 2.60. The maximum atomic E-state index is 12.3.